The normalized spacial score (nSPS) is 12.0. The lowest BCUT2D eigenvalue weighted by atomic mass is 9.75. The Kier molecular flexibility index (Phi) is 48.4. The zero-order chi connectivity index (χ0) is 89.0. The van der Waals surface area contributed by atoms with Crippen molar-refractivity contribution in [3.05, 3.63) is 319 Å². The van der Waals surface area contributed by atoms with Gasteiger partial charge in [-0.05, 0) is 206 Å². The molecule has 696 valence electrons. The predicted octanol–water partition coefficient (Wildman–Crippen LogP) is 39.8. The van der Waals surface area contributed by atoms with Crippen molar-refractivity contribution in [3.8, 4) is 11.1 Å². The zero-order valence-electron chi connectivity index (χ0n) is 82.6. The highest BCUT2D eigenvalue weighted by atomic mass is 14.3. The molecule has 0 aliphatic rings. The monoisotopic (exact) mass is 1690 g/mol. The summed E-state index contributed by atoms with van der Waals surface area (Å²) in [4.78, 5) is 0. The molecule has 0 heterocycles. The molecule has 0 spiro atoms. The Hall–Kier alpha value is -7.54. The molecule has 0 radical (unpaired) electrons. The molecule has 0 amide bonds. The fourth-order valence-electron chi connectivity index (χ4n) is 13.7. The van der Waals surface area contributed by atoms with E-state index in [0.29, 0.717) is 0 Å². The van der Waals surface area contributed by atoms with Gasteiger partial charge in [0, 0.05) is 0 Å². The maximum absolute atomic E-state index is 2.34. The van der Waals surface area contributed by atoms with Gasteiger partial charge in [-0.3, -0.25) is 0 Å². The van der Waals surface area contributed by atoms with Gasteiger partial charge in [-0.25, -0.2) is 0 Å². The number of hydrogen-bond acceptors (Lipinski definition) is 0. The van der Waals surface area contributed by atoms with Crippen LogP contribution in [0.4, 0.5) is 0 Å². The minimum absolute atomic E-state index is 0. The second kappa shape index (κ2) is 48.0. The van der Waals surface area contributed by atoms with Crippen molar-refractivity contribution in [1.29, 1.82) is 0 Å². The van der Waals surface area contributed by atoms with Crippen LogP contribution < -0.4 is 0 Å². The lowest BCUT2D eigenvalue weighted by molar-refractivity contribution is 0.530. The Labute approximate surface area is 775 Å². The molecular weight excluding hydrogens is 1490 g/mol. The van der Waals surface area contributed by atoms with E-state index in [-0.39, 0.29) is 135 Å². The zero-order valence-corrected chi connectivity index (χ0v) is 82.6. The first kappa shape index (κ1) is 125. The summed E-state index contributed by atoms with van der Waals surface area (Å²) in [6, 6.07) is 83.2. The molecule has 0 heteroatoms. The molecule has 0 saturated carbocycles. The van der Waals surface area contributed by atoms with Crippen molar-refractivity contribution in [2.45, 2.75) is 439 Å². The highest BCUT2D eigenvalue weighted by Crippen LogP contribution is 2.38. The number of hydrogen-bond donors (Lipinski definition) is 0. The van der Waals surface area contributed by atoms with E-state index in [0.717, 1.165) is 6.42 Å². The maximum Gasteiger partial charge on any atom is -0.00258 e. The first-order valence-electron chi connectivity index (χ1n) is 43.7. The molecule has 0 nitrogen and oxygen atoms in total. The van der Waals surface area contributed by atoms with E-state index in [9.17, 15) is 0 Å². The van der Waals surface area contributed by atoms with Gasteiger partial charge in [0.15, 0.2) is 0 Å². The lowest BCUT2D eigenvalue weighted by Crippen LogP contribution is -2.21. The van der Waals surface area contributed by atoms with Gasteiger partial charge in [0.25, 0.3) is 0 Å². The van der Waals surface area contributed by atoms with Crippen LogP contribution in [0.1, 0.15) is 445 Å². The molecule has 0 aromatic heterocycles. The van der Waals surface area contributed by atoms with Gasteiger partial charge in [-0.1, -0.05) is 575 Å². The minimum atomic E-state index is 0. The maximum atomic E-state index is 2.34. The fourth-order valence-corrected chi connectivity index (χ4v) is 13.7. The summed E-state index contributed by atoms with van der Waals surface area (Å²) < 4.78 is 0. The van der Waals surface area contributed by atoms with Crippen LogP contribution >= 0.6 is 0 Å². The van der Waals surface area contributed by atoms with Gasteiger partial charge in [0.05, 0.1) is 0 Å². The summed E-state index contributed by atoms with van der Waals surface area (Å²) >= 11 is 0. The Morgan fingerprint density at radius 2 is 0.347 bits per heavy atom. The van der Waals surface area contributed by atoms with Crippen molar-refractivity contribution < 1.29 is 0 Å². The molecule has 0 bridgehead atoms. The average molecular weight is 1690 g/mol. The molecule has 0 unspecified atom stereocenters. The summed E-state index contributed by atoms with van der Waals surface area (Å²) in [7, 11) is 0. The first-order chi connectivity index (χ1) is 52.3. The van der Waals surface area contributed by atoms with E-state index in [1.807, 2.05) is 0 Å². The van der Waals surface area contributed by atoms with Crippen LogP contribution in [0.2, 0.25) is 0 Å². The summed E-state index contributed by atoms with van der Waals surface area (Å²) in [6.45, 7) is 97.2. The van der Waals surface area contributed by atoms with E-state index >= 15 is 0 Å². The minimum Gasteiger partial charge on any atom is -0.0776 e. The smallest absolute Gasteiger partial charge is 0.00258 e. The van der Waals surface area contributed by atoms with E-state index in [1.165, 1.54) is 116 Å². The topological polar surface area (TPSA) is 0 Å². The van der Waals surface area contributed by atoms with Crippen molar-refractivity contribution in [2.24, 2.45) is 0 Å². The highest BCUT2D eigenvalue weighted by Gasteiger charge is 2.27. The van der Waals surface area contributed by atoms with Crippen LogP contribution in [0.5, 0.6) is 0 Å². The van der Waals surface area contributed by atoms with Gasteiger partial charge in [-0.2, -0.15) is 0 Å². The van der Waals surface area contributed by atoms with E-state index in [1.54, 1.807) is 0 Å². The average Bonchev–Trinajstić information content (AvgIpc) is 0.805. The molecule has 0 fully saturated rings. The van der Waals surface area contributed by atoms with Gasteiger partial charge in [0.1, 0.15) is 0 Å². The Balaban J connectivity index is -0.000000442. The van der Waals surface area contributed by atoms with Crippen LogP contribution in [0, 0.1) is 6.92 Å². The SMILES string of the molecule is C.C.C.C.C.C.C.C.CC(C)(C)c1ccc(-c2ccc(C(C)(C)C)cc2)cc1.CC(C)(C)c1ccc(C(C)(C)C)cc1.CC(C)(C)c1ccc(Cc2ccc(C(C)(C)C)cc2)cc1.CC(C)(C)c1ccc2ccc(C(C)(C)C)cc2c1.CC(C)(C)c1cccc(C(C)(C)C)c1.CC(C)(C)c1ccccc1C(C)(C)C.Cc1cc(C(C)(C)C)ccc1C(C)(C)C. The molecule has 0 saturated heterocycles. The largest absolute Gasteiger partial charge is 0.0776 e. The van der Waals surface area contributed by atoms with Crippen molar-refractivity contribution >= 4 is 10.8 Å². The van der Waals surface area contributed by atoms with Gasteiger partial charge >= 0.3 is 0 Å². The highest BCUT2D eigenvalue weighted by molar-refractivity contribution is 5.84. The third-order valence-corrected chi connectivity index (χ3v) is 22.1. The Bertz CT molecular complexity index is 4370. The van der Waals surface area contributed by atoms with Crippen LogP contribution in [-0.2, 0) is 82.2 Å². The van der Waals surface area contributed by atoms with Crippen molar-refractivity contribution in [1.82, 2.24) is 0 Å². The molecular formula is C124H200. The Morgan fingerprint density at radius 1 is 0.153 bits per heavy atom. The summed E-state index contributed by atoms with van der Waals surface area (Å²) in [5.74, 6) is 0. The summed E-state index contributed by atoms with van der Waals surface area (Å²) in [6.07, 6.45) is 1.01. The van der Waals surface area contributed by atoms with Crippen LogP contribution in [0.25, 0.3) is 21.9 Å². The molecule has 10 rings (SSSR count). The van der Waals surface area contributed by atoms with E-state index in [2.05, 4.69) is 522 Å². The van der Waals surface area contributed by atoms with Gasteiger partial charge < -0.3 is 0 Å². The Morgan fingerprint density at radius 3 is 0.565 bits per heavy atom. The predicted molar refractivity (Wildman–Crippen MR) is 578 cm³/mol. The molecule has 0 atom stereocenters. The first-order valence-corrected chi connectivity index (χ1v) is 43.7. The van der Waals surface area contributed by atoms with E-state index < -0.39 is 0 Å². The summed E-state index contributed by atoms with van der Waals surface area (Å²) in [5.41, 5.74) is 29.9. The molecule has 0 aliphatic carbocycles. The molecule has 124 heavy (non-hydrogen) atoms. The number of aryl methyl sites for hydroxylation is 1. The number of benzene rings is 10. The van der Waals surface area contributed by atoms with Gasteiger partial charge in [-0.15, -0.1) is 0 Å². The van der Waals surface area contributed by atoms with Gasteiger partial charge in [0.2, 0.25) is 0 Å². The third kappa shape index (κ3) is 40.6. The second-order valence-corrected chi connectivity index (χ2v) is 47.7. The van der Waals surface area contributed by atoms with Crippen molar-refractivity contribution in [3.63, 3.8) is 0 Å². The standard InChI is InChI=1S/C21H28.C20H26.C18H24.C15H24.3C14H22.8CH4/c1-20(2,3)18-11-7-16(8-12-18)15-17-9-13-19(14-10-17)21(4,5)6;1-19(2,3)17-11-7-15(8-12-17)16-9-13-18(14-10-16)20(4,5)6;1-17(2,3)15-9-7-13-8-10-16(18(4,5)6)12-14(13)11-15;1-11-10-12(14(2,3)4)8-9-13(11)15(5,6)7;1-13(2,3)11-7-9-12(10-8-11)14(4,5)6;1-13(2,3)11-8-7-9-12(10-11)14(4,5)6;1-13(2,3)11-9-7-8-10-12(11)14(4,5)6;;;;;;;;/h7-14H,15H2,1-6H3;7-14H,1-6H3;7-12H,1-6H3;8-10H,1-7H3;3*7-10H,1-6H3;8*1H4. The second-order valence-electron chi connectivity index (χ2n) is 47.7. The fraction of sp³-hybridized carbons (Fsp3) is 0.532. The van der Waals surface area contributed by atoms with Crippen LogP contribution in [0.15, 0.2) is 224 Å². The van der Waals surface area contributed by atoms with Crippen LogP contribution in [0.3, 0.4) is 0 Å². The molecule has 0 aliphatic heterocycles. The van der Waals surface area contributed by atoms with Crippen molar-refractivity contribution in [2.75, 3.05) is 0 Å². The third-order valence-electron chi connectivity index (χ3n) is 22.1. The quantitative estimate of drug-likeness (QED) is 0.165. The van der Waals surface area contributed by atoms with E-state index in [4.69, 9.17) is 0 Å². The summed E-state index contributed by atoms with van der Waals surface area (Å²) in [5, 5.41) is 2.69. The van der Waals surface area contributed by atoms with Crippen LogP contribution in [-0.4, -0.2) is 0 Å². The lowest BCUT2D eigenvalue weighted by Gasteiger charge is -2.29. The molecule has 0 N–H and O–H groups in total. The molecule has 10 aromatic rings. The number of rotatable bonds is 3. The molecule has 10 aromatic carbocycles. The number of fused-ring (bicyclic) bond motifs is 1.